The molecule has 2 heterocycles. The zero-order chi connectivity index (χ0) is 70.1. The molecule has 22 N–H and O–H groups in total. The number of thioether (sulfide) groups is 1. The van der Waals surface area contributed by atoms with Crippen LogP contribution in [0.15, 0.2) is 65.7 Å². The Morgan fingerprint density at radius 1 is 0.537 bits per heavy atom. The molecule has 2 aliphatic heterocycles. The number of unbranched alkanes of at least 4 members (excludes halogenated alkanes) is 1. The van der Waals surface area contributed by atoms with Crippen LogP contribution in [-0.2, 0) is 75.2 Å². The number of primary amides is 3. The van der Waals surface area contributed by atoms with E-state index in [4.69, 9.17) is 40.1 Å². The number of aliphatic imine (C=N–C) groups is 1. The van der Waals surface area contributed by atoms with Gasteiger partial charge in [-0.1, -0.05) is 74.5 Å². The third kappa shape index (κ3) is 27.5. The van der Waals surface area contributed by atoms with Crippen molar-refractivity contribution in [2.24, 2.45) is 51.0 Å². The molecule has 95 heavy (non-hydrogen) atoms. The molecule has 0 spiro atoms. The van der Waals surface area contributed by atoms with Gasteiger partial charge in [0.15, 0.2) is 5.96 Å². The molecule has 2 fully saturated rings. The van der Waals surface area contributed by atoms with Crippen LogP contribution in [0.1, 0.15) is 121 Å². The smallest absolute Gasteiger partial charge is 0.245 e. The van der Waals surface area contributed by atoms with Gasteiger partial charge in [0.25, 0.3) is 0 Å². The number of rotatable bonds is 42. The minimum absolute atomic E-state index is 0.0736. The van der Waals surface area contributed by atoms with Crippen molar-refractivity contribution in [2.75, 3.05) is 44.7 Å². The number of carbonyl (C=O) groups excluding carboxylic acids is 13. The van der Waals surface area contributed by atoms with Gasteiger partial charge in [-0.25, -0.2) is 0 Å². The number of nitrogens with two attached hydrogens (primary N) is 7. The van der Waals surface area contributed by atoms with E-state index in [1.807, 2.05) is 20.1 Å². The van der Waals surface area contributed by atoms with Gasteiger partial charge in [-0.15, -0.1) is 0 Å². The number of carbonyl (C=O) groups is 13. The molecule has 10 atom stereocenters. The number of hydrogen-bond donors (Lipinski definition) is 15. The summed E-state index contributed by atoms with van der Waals surface area (Å²) < 4.78 is 0. The van der Waals surface area contributed by atoms with Gasteiger partial charge in [0.05, 0.1) is 12.6 Å². The maximum absolute atomic E-state index is 14.7. The summed E-state index contributed by atoms with van der Waals surface area (Å²) in [7, 11) is 0. The van der Waals surface area contributed by atoms with Crippen LogP contribution in [0.25, 0.3) is 0 Å². The fourth-order valence-electron chi connectivity index (χ4n) is 11.0. The van der Waals surface area contributed by atoms with Gasteiger partial charge in [-0.05, 0) is 119 Å². The molecule has 0 unspecified atom stereocenters. The summed E-state index contributed by atoms with van der Waals surface area (Å²) in [6, 6.07) is 4.51. The number of amides is 13. The summed E-state index contributed by atoms with van der Waals surface area (Å²) in [5, 5.41) is 21.1. The predicted molar refractivity (Wildman–Crippen MR) is 356 cm³/mol. The third-order valence-corrected chi connectivity index (χ3v) is 16.7. The second-order valence-corrected chi connectivity index (χ2v) is 25.1. The molecular weight excluding hydrogens is 1250 g/mol. The Morgan fingerprint density at radius 3 is 1.51 bits per heavy atom. The van der Waals surface area contributed by atoms with Crippen LogP contribution in [0.2, 0.25) is 0 Å². The highest BCUT2D eigenvalue weighted by molar-refractivity contribution is 7.98. The topological polar surface area (TPSA) is 519 Å². The number of guanidine groups is 1. The number of nitrogens with zero attached hydrogens (tertiary/aromatic N) is 3. The summed E-state index contributed by atoms with van der Waals surface area (Å²) in [4.78, 5) is 185. The Labute approximate surface area is 558 Å². The number of benzene rings is 2. The fourth-order valence-corrected chi connectivity index (χ4v) is 11.5. The highest BCUT2D eigenvalue weighted by Gasteiger charge is 2.42. The van der Waals surface area contributed by atoms with Crippen molar-refractivity contribution >= 4 is 94.5 Å². The van der Waals surface area contributed by atoms with E-state index in [0.29, 0.717) is 55.4 Å². The van der Waals surface area contributed by atoms with Crippen LogP contribution in [0.4, 0.5) is 0 Å². The quantitative estimate of drug-likeness (QED) is 0.0173. The SMILES string of the molecule is CSCC[C@H](NC(=O)[C@H](CC(C)C)NC(=O)CNC(=O)[C@H](Cc1ccccc1)NC(=O)[C@@H](Cc1ccccc1)NC(=O)[C@H](CCC(N)=O)NC(=O)[C@@H](CCC(N)=O)NC(=O)[C@H]1CCCN1C(=O)[C@@H](CCCCN)NC(=O)[C@H]1CCCN1C(=O)[C@@H](N)CCCN=C(N)N)C(N)=O. The maximum atomic E-state index is 14.7. The van der Waals surface area contributed by atoms with Gasteiger partial charge in [0.1, 0.15) is 54.4 Å². The van der Waals surface area contributed by atoms with E-state index in [-0.39, 0.29) is 83.0 Å². The Bertz CT molecular complexity index is 2960. The van der Waals surface area contributed by atoms with E-state index in [0.717, 1.165) is 0 Å². The van der Waals surface area contributed by atoms with Crippen LogP contribution in [0.5, 0.6) is 0 Å². The van der Waals surface area contributed by atoms with Gasteiger partial charge in [0.2, 0.25) is 76.8 Å². The van der Waals surface area contributed by atoms with E-state index < -0.39 is 169 Å². The third-order valence-electron chi connectivity index (χ3n) is 16.0. The van der Waals surface area contributed by atoms with Crippen molar-refractivity contribution < 1.29 is 62.3 Å². The standard InChI is InChI=1S/C63H98N18O13S/c1-37(2)33-45(57(89)74-41(53(68)85)27-32-95-3)73-52(84)36-72-54(86)46(34-38-15-6-4-7-16-38)78-58(90)47(35-39-17-8-5-9-18-39)79-56(88)42(23-25-50(66)82)75-55(87)43(24-26-51(67)83)76-59(91)49-22-14-31-81(49)62(94)44(20-10-11-28-64)77-60(92)48-21-13-30-80(48)61(93)40(65)19-12-29-71-63(69)70/h4-9,15-18,37,40-49H,10-14,19-36,64-65H2,1-3H3,(H2,66,82)(H2,67,83)(H2,68,85)(H,72,86)(H,73,84)(H,74,89)(H,75,87)(H,76,91)(H,77,92)(H,78,90)(H,79,88)(H4,69,70,71)/t40-,41-,42-,43+,44+,45-,46-,47+,48+,49+/m0/s1. The Kier molecular flexibility index (Phi) is 33.9. The molecule has 4 rings (SSSR count). The first-order valence-electron chi connectivity index (χ1n) is 32.2. The van der Waals surface area contributed by atoms with Gasteiger partial charge in [-0.2, -0.15) is 11.8 Å². The van der Waals surface area contributed by atoms with Crippen molar-refractivity contribution in [1.29, 1.82) is 0 Å². The van der Waals surface area contributed by atoms with Crippen molar-refractivity contribution in [1.82, 2.24) is 52.3 Å². The lowest BCUT2D eigenvalue weighted by Gasteiger charge is -2.32. The first-order chi connectivity index (χ1) is 45.2. The summed E-state index contributed by atoms with van der Waals surface area (Å²) in [5.74, 6) is -9.80. The summed E-state index contributed by atoms with van der Waals surface area (Å²) in [6.07, 6.45) is 3.12. The van der Waals surface area contributed by atoms with E-state index in [1.165, 1.54) is 21.6 Å². The monoisotopic (exact) mass is 1350 g/mol. The lowest BCUT2D eigenvalue weighted by atomic mass is 10.0. The molecule has 0 radical (unpaired) electrons. The molecule has 524 valence electrons. The number of nitrogens with one attached hydrogen (secondary N) is 8. The molecule has 2 saturated heterocycles. The van der Waals surface area contributed by atoms with Gasteiger partial charge >= 0.3 is 0 Å². The van der Waals surface area contributed by atoms with Gasteiger partial charge < -0.3 is 92.5 Å². The van der Waals surface area contributed by atoms with E-state index >= 15 is 0 Å². The average molecular weight is 1350 g/mol. The second-order valence-electron chi connectivity index (χ2n) is 24.1. The molecule has 2 aliphatic rings. The molecule has 32 heteroatoms. The second kappa shape index (κ2) is 41.0. The van der Waals surface area contributed by atoms with Crippen molar-refractivity contribution in [3.05, 3.63) is 71.8 Å². The van der Waals surface area contributed by atoms with Crippen molar-refractivity contribution in [3.8, 4) is 0 Å². The molecular formula is C63H98N18O13S. The first kappa shape index (κ1) is 78.5. The fraction of sp³-hybridized carbons (Fsp3) is 0.587. The average Bonchev–Trinajstić information content (AvgIpc) is 1.74. The molecule has 2 aromatic carbocycles. The zero-order valence-corrected chi connectivity index (χ0v) is 55.3. The Morgan fingerprint density at radius 2 is 1.01 bits per heavy atom. The highest BCUT2D eigenvalue weighted by Crippen LogP contribution is 2.24. The van der Waals surface area contributed by atoms with Crippen molar-refractivity contribution in [2.45, 2.75) is 183 Å². The van der Waals surface area contributed by atoms with E-state index in [2.05, 4.69) is 47.5 Å². The minimum atomic E-state index is -1.64. The summed E-state index contributed by atoms with van der Waals surface area (Å²) in [6.45, 7) is 3.86. The predicted octanol–water partition coefficient (Wildman–Crippen LogP) is -3.71. The maximum Gasteiger partial charge on any atom is 0.245 e. The minimum Gasteiger partial charge on any atom is -0.370 e. The Balaban J connectivity index is 1.56. The summed E-state index contributed by atoms with van der Waals surface area (Å²) in [5.41, 5.74) is 40.6. The van der Waals surface area contributed by atoms with E-state index in [1.54, 1.807) is 60.7 Å². The zero-order valence-electron chi connectivity index (χ0n) is 54.5. The largest absolute Gasteiger partial charge is 0.370 e. The normalized spacial score (nSPS) is 16.8. The molecule has 0 bridgehead atoms. The molecule has 0 aliphatic carbocycles. The Hall–Kier alpha value is -8.91. The molecule has 2 aromatic rings. The van der Waals surface area contributed by atoms with Crippen LogP contribution >= 0.6 is 11.8 Å². The van der Waals surface area contributed by atoms with Crippen LogP contribution in [0.3, 0.4) is 0 Å². The highest BCUT2D eigenvalue weighted by atomic mass is 32.2. The molecule has 0 saturated carbocycles. The van der Waals surface area contributed by atoms with Crippen LogP contribution < -0.4 is 82.7 Å². The lowest BCUT2D eigenvalue weighted by molar-refractivity contribution is -0.144. The van der Waals surface area contributed by atoms with Crippen LogP contribution in [-0.4, -0.2) is 198 Å². The molecule has 0 aromatic heterocycles. The van der Waals surface area contributed by atoms with E-state index in [9.17, 15) is 62.3 Å². The number of hydrogen-bond acceptors (Lipinski definition) is 17. The molecule has 13 amide bonds. The van der Waals surface area contributed by atoms with Gasteiger partial charge in [0, 0.05) is 45.3 Å². The van der Waals surface area contributed by atoms with Crippen LogP contribution in [0, 0.1) is 5.92 Å². The lowest BCUT2D eigenvalue weighted by Crippen LogP contribution is -2.60. The first-order valence-corrected chi connectivity index (χ1v) is 33.6. The van der Waals surface area contributed by atoms with Crippen molar-refractivity contribution in [3.63, 3.8) is 0 Å². The summed E-state index contributed by atoms with van der Waals surface area (Å²) >= 11 is 1.45. The molecule has 31 nitrogen and oxygen atoms in total. The van der Waals surface area contributed by atoms with Gasteiger partial charge in [-0.3, -0.25) is 67.3 Å². The number of likely N-dealkylation sites (tertiary alicyclic amines) is 2.